The number of methoxy groups -OCH3 is 1. The van der Waals surface area contributed by atoms with E-state index in [1.807, 2.05) is 28.9 Å². The summed E-state index contributed by atoms with van der Waals surface area (Å²) in [6, 6.07) is 7.83. The highest BCUT2D eigenvalue weighted by Gasteiger charge is 2.25. The number of hydrogen-bond donors (Lipinski definition) is 1. The number of rotatable bonds is 3. The molecule has 1 aromatic carbocycles. The molecule has 25 heavy (non-hydrogen) atoms. The summed E-state index contributed by atoms with van der Waals surface area (Å²) in [7, 11) is 1.63. The van der Waals surface area contributed by atoms with E-state index in [0.29, 0.717) is 30.1 Å². The summed E-state index contributed by atoms with van der Waals surface area (Å²) in [5.74, 6) is 1.47. The van der Waals surface area contributed by atoms with Crippen molar-refractivity contribution in [2.45, 2.75) is 31.7 Å². The molecule has 0 atom stereocenters. The van der Waals surface area contributed by atoms with Gasteiger partial charge in [0.2, 0.25) is 0 Å². The lowest BCUT2D eigenvalue weighted by Crippen LogP contribution is -2.19. The van der Waals surface area contributed by atoms with Gasteiger partial charge in [-0.3, -0.25) is 4.79 Å². The topological polar surface area (TPSA) is 95.9 Å². The Labute approximate surface area is 144 Å². The van der Waals surface area contributed by atoms with Gasteiger partial charge in [0.15, 0.2) is 5.65 Å². The lowest BCUT2D eigenvalue weighted by Gasteiger charge is -2.21. The lowest BCUT2D eigenvalue weighted by molar-refractivity contribution is -0.120. The molecular weight excluding hydrogens is 318 g/mol. The van der Waals surface area contributed by atoms with Crippen LogP contribution in [0.5, 0.6) is 5.75 Å². The zero-order chi connectivity index (χ0) is 17.4. The molecule has 1 fully saturated rings. The molecule has 0 spiro atoms. The van der Waals surface area contributed by atoms with Crippen LogP contribution in [0.25, 0.3) is 22.3 Å². The van der Waals surface area contributed by atoms with Gasteiger partial charge in [-0.05, 0) is 25.0 Å². The largest absolute Gasteiger partial charge is 0.497 e. The van der Waals surface area contributed by atoms with E-state index >= 15 is 0 Å². The summed E-state index contributed by atoms with van der Waals surface area (Å²) in [5.41, 5.74) is 8.49. The summed E-state index contributed by atoms with van der Waals surface area (Å²) in [4.78, 5) is 20.1. The SMILES string of the molecule is COc1cccc(-c2nn(C3CCC(=O)CC3)c3ncnc(N)c23)c1. The van der Waals surface area contributed by atoms with Crippen molar-refractivity contribution in [1.29, 1.82) is 0 Å². The minimum atomic E-state index is 0.147. The number of hydrogen-bond acceptors (Lipinski definition) is 6. The molecule has 0 unspecified atom stereocenters. The molecule has 7 nitrogen and oxygen atoms in total. The Morgan fingerprint density at radius 3 is 2.80 bits per heavy atom. The predicted octanol–water partition coefficient (Wildman–Crippen LogP) is 2.77. The number of ether oxygens (including phenoxy) is 1. The smallest absolute Gasteiger partial charge is 0.164 e. The highest BCUT2D eigenvalue weighted by molar-refractivity contribution is 5.98. The molecule has 128 valence electrons. The van der Waals surface area contributed by atoms with Gasteiger partial charge in [-0.2, -0.15) is 5.10 Å². The summed E-state index contributed by atoms with van der Waals surface area (Å²) >= 11 is 0. The van der Waals surface area contributed by atoms with E-state index in [0.717, 1.165) is 35.2 Å². The molecule has 0 radical (unpaired) electrons. The fourth-order valence-electron chi connectivity index (χ4n) is 3.39. The van der Waals surface area contributed by atoms with E-state index in [4.69, 9.17) is 15.6 Å². The van der Waals surface area contributed by atoms with E-state index in [2.05, 4.69) is 9.97 Å². The Morgan fingerprint density at radius 1 is 1.24 bits per heavy atom. The normalized spacial score (nSPS) is 15.6. The zero-order valence-electron chi connectivity index (χ0n) is 14.0. The van der Waals surface area contributed by atoms with Gasteiger partial charge in [-0.25, -0.2) is 14.6 Å². The fourth-order valence-corrected chi connectivity index (χ4v) is 3.39. The molecule has 1 aliphatic rings. The number of carbonyl (C=O) groups is 1. The number of fused-ring (bicyclic) bond motifs is 1. The van der Waals surface area contributed by atoms with Crippen molar-refractivity contribution < 1.29 is 9.53 Å². The Hall–Kier alpha value is -2.96. The average molecular weight is 337 g/mol. The third-order valence-corrected chi connectivity index (χ3v) is 4.72. The maximum atomic E-state index is 11.6. The van der Waals surface area contributed by atoms with E-state index < -0.39 is 0 Å². The number of ketones is 1. The van der Waals surface area contributed by atoms with Crippen molar-refractivity contribution in [1.82, 2.24) is 19.7 Å². The first kappa shape index (κ1) is 15.6. The van der Waals surface area contributed by atoms with E-state index in [1.54, 1.807) is 7.11 Å². The monoisotopic (exact) mass is 337 g/mol. The molecule has 0 bridgehead atoms. The number of anilines is 1. The molecule has 2 aromatic heterocycles. The van der Waals surface area contributed by atoms with Crippen LogP contribution in [0, 0.1) is 0 Å². The van der Waals surface area contributed by atoms with Crippen LogP contribution in [0.4, 0.5) is 5.82 Å². The van der Waals surface area contributed by atoms with Gasteiger partial charge in [-0.1, -0.05) is 12.1 Å². The van der Waals surface area contributed by atoms with Crippen LogP contribution in [0.2, 0.25) is 0 Å². The average Bonchev–Trinajstić information content (AvgIpc) is 3.03. The van der Waals surface area contributed by atoms with Crippen molar-refractivity contribution in [2.75, 3.05) is 12.8 Å². The van der Waals surface area contributed by atoms with Gasteiger partial charge in [-0.15, -0.1) is 0 Å². The predicted molar refractivity (Wildman–Crippen MR) is 94.2 cm³/mol. The van der Waals surface area contributed by atoms with Crippen molar-refractivity contribution in [3.63, 3.8) is 0 Å². The van der Waals surface area contributed by atoms with Gasteiger partial charge < -0.3 is 10.5 Å². The molecule has 3 aromatic rings. The quantitative estimate of drug-likeness (QED) is 0.789. The maximum Gasteiger partial charge on any atom is 0.164 e. The second-order valence-corrected chi connectivity index (χ2v) is 6.25. The highest BCUT2D eigenvalue weighted by Crippen LogP contribution is 2.35. The minimum absolute atomic E-state index is 0.147. The van der Waals surface area contributed by atoms with Gasteiger partial charge in [0.25, 0.3) is 0 Å². The summed E-state index contributed by atoms with van der Waals surface area (Å²) in [5, 5.41) is 5.56. The first-order valence-corrected chi connectivity index (χ1v) is 8.32. The maximum absolute atomic E-state index is 11.6. The highest BCUT2D eigenvalue weighted by atomic mass is 16.5. The molecule has 1 saturated carbocycles. The Balaban J connectivity index is 1.88. The second-order valence-electron chi connectivity index (χ2n) is 6.25. The Morgan fingerprint density at radius 2 is 2.04 bits per heavy atom. The van der Waals surface area contributed by atoms with E-state index in [9.17, 15) is 4.79 Å². The van der Waals surface area contributed by atoms with Gasteiger partial charge in [0, 0.05) is 18.4 Å². The van der Waals surface area contributed by atoms with Crippen LogP contribution in [-0.2, 0) is 4.79 Å². The number of benzene rings is 1. The number of nitrogens with zero attached hydrogens (tertiary/aromatic N) is 4. The van der Waals surface area contributed by atoms with Crippen molar-refractivity contribution in [3.05, 3.63) is 30.6 Å². The molecule has 0 amide bonds. The number of carbonyl (C=O) groups excluding carboxylic acids is 1. The fraction of sp³-hybridized carbons (Fsp3) is 0.333. The molecule has 2 N–H and O–H groups in total. The number of aromatic nitrogens is 4. The number of nitrogen functional groups attached to an aromatic ring is 1. The van der Waals surface area contributed by atoms with Crippen LogP contribution in [0.3, 0.4) is 0 Å². The lowest BCUT2D eigenvalue weighted by atomic mass is 9.94. The third kappa shape index (κ3) is 2.71. The van der Waals surface area contributed by atoms with Gasteiger partial charge >= 0.3 is 0 Å². The molecule has 1 aliphatic carbocycles. The molecule has 0 saturated heterocycles. The molecule has 2 heterocycles. The molecule has 0 aliphatic heterocycles. The van der Waals surface area contributed by atoms with Gasteiger partial charge in [0.05, 0.1) is 18.5 Å². The Bertz CT molecular complexity index is 940. The number of Topliss-reactive ketones (excluding diaryl/α,β-unsaturated/α-hetero) is 1. The summed E-state index contributed by atoms with van der Waals surface area (Å²) in [6.45, 7) is 0. The van der Waals surface area contributed by atoms with E-state index in [1.165, 1.54) is 6.33 Å². The van der Waals surface area contributed by atoms with Crippen LogP contribution in [0.15, 0.2) is 30.6 Å². The molecule has 7 heteroatoms. The Kier molecular flexibility index (Phi) is 3.83. The van der Waals surface area contributed by atoms with Crippen LogP contribution in [0.1, 0.15) is 31.7 Å². The zero-order valence-corrected chi connectivity index (χ0v) is 14.0. The molecule has 4 rings (SSSR count). The van der Waals surface area contributed by atoms with Crippen molar-refractivity contribution in [2.24, 2.45) is 0 Å². The van der Waals surface area contributed by atoms with Crippen molar-refractivity contribution in [3.8, 4) is 17.0 Å². The summed E-state index contributed by atoms with van der Waals surface area (Å²) in [6.07, 6.45) is 4.18. The van der Waals surface area contributed by atoms with Crippen LogP contribution >= 0.6 is 0 Å². The van der Waals surface area contributed by atoms with Crippen molar-refractivity contribution >= 4 is 22.6 Å². The first-order chi connectivity index (χ1) is 12.2. The van der Waals surface area contributed by atoms with Crippen LogP contribution in [-0.4, -0.2) is 32.6 Å². The van der Waals surface area contributed by atoms with E-state index in [-0.39, 0.29) is 6.04 Å². The first-order valence-electron chi connectivity index (χ1n) is 8.32. The third-order valence-electron chi connectivity index (χ3n) is 4.72. The number of nitrogens with two attached hydrogens (primary N) is 1. The van der Waals surface area contributed by atoms with Gasteiger partial charge in [0.1, 0.15) is 29.4 Å². The standard InChI is InChI=1S/C18H19N5O2/c1-25-14-4-2-3-11(9-14)16-15-17(19)20-10-21-18(15)23(22-16)12-5-7-13(24)8-6-12/h2-4,9-10,12H,5-8H2,1H3,(H2,19,20,21). The molecular formula is C18H19N5O2. The van der Waals surface area contributed by atoms with Crippen LogP contribution < -0.4 is 10.5 Å². The summed E-state index contributed by atoms with van der Waals surface area (Å²) < 4.78 is 7.23. The minimum Gasteiger partial charge on any atom is -0.497 e. The second kappa shape index (κ2) is 6.16.